The largest absolute Gasteiger partial charge is 0.291 e. The summed E-state index contributed by atoms with van der Waals surface area (Å²) in [6.45, 7) is 2.70. The summed E-state index contributed by atoms with van der Waals surface area (Å²) in [5.74, 6) is 0. The van der Waals surface area contributed by atoms with Crippen molar-refractivity contribution in [3.63, 3.8) is 0 Å². The minimum Gasteiger partial charge on any atom is -0.291 e. The summed E-state index contributed by atoms with van der Waals surface area (Å²) in [5, 5.41) is 0. The lowest BCUT2D eigenvalue weighted by atomic mass is 10.4. The Hall–Kier alpha value is 0.110. The zero-order valence-corrected chi connectivity index (χ0v) is 6.16. The van der Waals surface area contributed by atoms with Crippen LogP contribution in [0.2, 0.25) is 0 Å². The van der Waals surface area contributed by atoms with Gasteiger partial charge in [0.1, 0.15) is 0 Å². The van der Waals surface area contributed by atoms with Crippen molar-refractivity contribution in [2.45, 2.75) is 19.8 Å². The smallest absolute Gasteiger partial charge is 0.152 e. The molecule has 0 aromatic heterocycles. The van der Waals surface area contributed by atoms with Crippen molar-refractivity contribution in [1.82, 2.24) is 0 Å². The number of hydrogen-bond acceptors (Lipinski definition) is 2. The molecule has 0 radical (unpaired) electrons. The molecule has 0 saturated heterocycles. The van der Waals surface area contributed by atoms with E-state index in [0.717, 1.165) is 12.8 Å². The van der Waals surface area contributed by atoms with Gasteiger partial charge in [0.15, 0.2) is 11.1 Å². The van der Waals surface area contributed by atoms with Crippen LogP contribution < -0.4 is 0 Å². The minimum atomic E-state index is -1.07. The number of unbranched alkanes of at least 4 members (excludes halogenated alkanes) is 1. The number of rotatable bonds is 4. The van der Waals surface area contributed by atoms with Gasteiger partial charge in [0, 0.05) is 6.26 Å². The Balaban J connectivity index is 2.82. The molecule has 0 aromatic rings. The van der Waals surface area contributed by atoms with E-state index in [2.05, 4.69) is 6.92 Å². The highest BCUT2D eigenvalue weighted by Gasteiger charge is 1.86. The predicted octanol–water partition coefficient (Wildman–Crippen LogP) is 1.10. The van der Waals surface area contributed by atoms with Gasteiger partial charge in [-0.1, -0.05) is 13.3 Å². The van der Waals surface area contributed by atoms with Crippen LogP contribution in [0, 0.1) is 0 Å². The quantitative estimate of drug-likeness (QED) is 0.541. The average molecular weight is 136 g/mol. The third-order valence-corrected chi connectivity index (χ3v) is 1.25. The highest BCUT2D eigenvalue weighted by atomic mass is 32.2. The summed E-state index contributed by atoms with van der Waals surface area (Å²) in [6, 6.07) is 0. The van der Waals surface area contributed by atoms with Crippen LogP contribution in [0.5, 0.6) is 0 Å². The molecule has 0 aliphatic rings. The zero-order valence-electron chi connectivity index (χ0n) is 5.35. The molecule has 0 saturated carbocycles. The Morgan fingerprint density at radius 2 is 2.25 bits per heavy atom. The molecule has 1 unspecified atom stereocenters. The van der Waals surface area contributed by atoms with Crippen molar-refractivity contribution in [3.05, 3.63) is 0 Å². The maximum Gasteiger partial charge on any atom is 0.152 e. The first-order valence-corrected chi connectivity index (χ1v) is 4.22. The van der Waals surface area contributed by atoms with Gasteiger partial charge >= 0.3 is 0 Å². The third-order valence-electron chi connectivity index (χ3n) is 0.747. The summed E-state index contributed by atoms with van der Waals surface area (Å²) in [4.78, 5) is 0. The summed E-state index contributed by atoms with van der Waals surface area (Å²) >= 11 is -1.07. The van der Waals surface area contributed by atoms with E-state index in [1.807, 2.05) is 0 Å². The Labute approximate surface area is 52.9 Å². The topological polar surface area (TPSA) is 26.3 Å². The van der Waals surface area contributed by atoms with Gasteiger partial charge in [-0.3, -0.25) is 4.18 Å². The molecule has 8 heavy (non-hydrogen) atoms. The SMILES string of the molecule is CCCCOS(C)=O. The van der Waals surface area contributed by atoms with Crippen LogP contribution in [-0.4, -0.2) is 17.1 Å². The molecule has 0 heterocycles. The summed E-state index contributed by atoms with van der Waals surface area (Å²) in [7, 11) is 0. The van der Waals surface area contributed by atoms with E-state index in [1.165, 1.54) is 6.26 Å². The second-order valence-corrected chi connectivity index (χ2v) is 2.62. The molecule has 0 spiro atoms. The van der Waals surface area contributed by atoms with Crippen LogP contribution in [0.15, 0.2) is 0 Å². The first-order chi connectivity index (χ1) is 3.77. The van der Waals surface area contributed by atoms with Gasteiger partial charge in [-0.25, -0.2) is 4.21 Å². The Kier molecular flexibility index (Phi) is 5.32. The van der Waals surface area contributed by atoms with Gasteiger partial charge in [-0.2, -0.15) is 0 Å². The van der Waals surface area contributed by atoms with Crippen LogP contribution in [0.1, 0.15) is 19.8 Å². The Bertz CT molecular complexity index is 72.8. The predicted molar refractivity (Wildman–Crippen MR) is 34.9 cm³/mol. The molecule has 0 fully saturated rings. The second-order valence-electron chi connectivity index (χ2n) is 1.58. The van der Waals surface area contributed by atoms with Crippen molar-refractivity contribution in [3.8, 4) is 0 Å². The molecule has 0 N–H and O–H groups in total. The van der Waals surface area contributed by atoms with E-state index in [0.29, 0.717) is 6.61 Å². The monoisotopic (exact) mass is 136 g/mol. The highest BCUT2D eigenvalue weighted by Crippen LogP contribution is 1.88. The molecular weight excluding hydrogens is 124 g/mol. The van der Waals surface area contributed by atoms with E-state index in [9.17, 15) is 4.21 Å². The van der Waals surface area contributed by atoms with Crippen LogP contribution in [0.4, 0.5) is 0 Å². The Morgan fingerprint density at radius 3 is 2.62 bits per heavy atom. The fourth-order valence-electron chi connectivity index (χ4n) is 0.321. The van der Waals surface area contributed by atoms with Gasteiger partial charge in [-0.15, -0.1) is 0 Å². The third kappa shape index (κ3) is 6.11. The van der Waals surface area contributed by atoms with Crippen molar-refractivity contribution in [2.24, 2.45) is 0 Å². The molecule has 0 bridgehead atoms. The molecule has 1 atom stereocenters. The van der Waals surface area contributed by atoms with E-state index in [4.69, 9.17) is 4.18 Å². The maximum absolute atomic E-state index is 10.2. The molecular formula is C5H12O2S. The molecule has 0 aromatic carbocycles. The van der Waals surface area contributed by atoms with E-state index < -0.39 is 11.1 Å². The van der Waals surface area contributed by atoms with Crippen LogP contribution >= 0.6 is 0 Å². The van der Waals surface area contributed by atoms with Crippen molar-refractivity contribution in [1.29, 1.82) is 0 Å². The maximum atomic E-state index is 10.2. The molecule has 0 aliphatic carbocycles. The second kappa shape index (κ2) is 5.25. The van der Waals surface area contributed by atoms with Crippen LogP contribution in [-0.2, 0) is 15.3 Å². The molecule has 3 heteroatoms. The van der Waals surface area contributed by atoms with Gasteiger partial charge in [0.05, 0.1) is 6.61 Å². The summed E-state index contributed by atoms with van der Waals surface area (Å²) in [5.41, 5.74) is 0. The molecule has 2 nitrogen and oxygen atoms in total. The van der Waals surface area contributed by atoms with E-state index in [-0.39, 0.29) is 0 Å². The van der Waals surface area contributed by atoms with E-state index >= 15 is 0 Å². The molecule has 0 rings (SSSR count). The number of hydrogen-bond donors (Lipinski definition) is 0. The summed E-state index contributed by atoms with van der Waals surface area (Å²) < 4.78 is 15.0. The van der Waals surface area contributed by atoms with Gasteiger partial charge in [0.2, 0.25) is 0 Å². The minimum absolute atomic E-state index is 0.625. The Morgan fingerprint density at radius 1 is 1.62 bits per heavy atom. The summed E-state index contributed by atoms with van der Waals surface area (Å²) in [6.07, 6.45) is 3.63. The molecule has 0 aliphatic heterocycles. The standard InChI is InChI=1S/C5H12O2S/c1-3-4-5-7-8(2)6/h3-5H2,1-2H3. The molecule has 50 valence electrons. The highest BCUT2D eigenvalue weighted by molar-refractivity contribution is 7.79. The average Bonchev–Trinajstić information content (AvgIpc) is 1.66. The lowest BCUT2D eigenvalue weighted by Gasteiger charge is -1.94. The first-order valence-electron chi connectivity index (χ1n) is 2.74. The lowest BCUT2D eigenvalue weighted by Crippen LogP contribution is -1.95. The lowest BCUT2D eigenvalue weighted by molar-refractivity contribution is 0.341. The van der Waals surface area contributed by atoms with E-state index in [1.54, 1.807) is 0 Å². The normalized spacial score (nSPS) is 13.8. The van der Waals surface area contributed by atoms with Crippen LogP contribution in [0.3, 0.4) is 0 Å². The van der Waals surface area contributed by atoms with Crippen molar-refractivity contribution in [2.75, 3.05) is 12.9 Å². The first kappa shape index (κ1) is 8.11. The van der Waals surface area contributed by atoms with Gasteiger partial charge in [-0.05, 0) is 6.42 Å². The van der Waals surface area contributed by atoms with Gasteiger partial charge in [0.25, 0.3) is 0 Å². The van der Waals surface area contributed by atoms with Gasteiger partial charge < -0.3 is 0 Å². The van der Waals surface area contributed by atoms with Crippen LogP contribution in [0.25, 0.3) is 0 Å². The molecule has 0 amide bonds. The van der Waals surface area contributed by atoms with Crippen molar-refractivity contribution < 1.29 is 8.39 Å². The van der Waals surface area contributed by atoms with Crippen molar-refractivity contribution >= 4 is 11.1 Å². The zero-order chi connectivity index (χ0) is 6.41. The fraction of sp³-hybridized carbons (Fsp3) is 1.00. The fourth-order valence-corrected chi connectivity index (χ4v) is 0.673.